The van der Waals surface area contributed by atoms with Gasteiger partial charge >= 0.3 is 0 Å². The molecule has 2 N–H and O–H groups in total. The second kappa shape index (κ2) is 5.44. The lowest BCUT2D eigenvalue weighted by Crippen LogP contribution is -2.38. The highest BCUT2D eigenvalue weighted by molar-refractivity contribution is 5.80. The average Bonchev–Trinajstić information content (AvgIpc) is 2.89. The summed E-state index contributed by atoms with van der Waals surface area (Å²) in [6, 6.07) is 0.160. The minimum Gasteiger partial charge on any atom is -0.383 e. The summed E-state index contributed by atoms with van der Waals surface area (Å²) in [6.07, 6.45) is 2.08. The molecule has 1 aromatic heterocycles. The van der Waals surface area contributed by atoms with Gasteiger partial charge in [0, 0.05) is 37.9 Å². The van der Waals surface area contributed by atoms with E-state index >= 15 is 0 Å². The van der Waals surface area contributed by atoms with E-state index in [-0.39, 0.29) is 11.5 Å². The van der Waals surface area contributed by atoms with Gasteiger partial charge in [-0.3, -0.25) is 9.67 Å². The molecule has 2 heterocycles. The fourth-order valence-electron chi connectivity index (χ4n) is 2.59. The molecule has 0 radical (unpaired) electrons. The lowest BCUT2D eigenvalue weighted by molar-refractivity contribution is 0.166. The molecule has 6 heteroatoms. The Labute approximate surface area is 120 Å². The van der Waals surface area contributed by atoms with Crippen LogP contribution in [-0.4, -0.2) is 47.4 Å². The molecule has 1 aliphatic heterocycles. The van der Waals surface area contributed by atoms with Crippen LogP contribution in [0.2, 0.25) is 0 Å². The molecular weight excluding hydrogens is 254 g/mol. The number of hydrogen-bond acceptors (Lipinski definition) is 5. The zero-order valence-corrected chi connectivity index (χ0v) is 13.1. The van der Waals surface area contributed by atoms with Crippen LogP contribution in [0.1, 0.15) is 38.1 Å². The maximum absolute atomic E-state index is 6.01. The monoisotopic (exact) mass is 279 g/mol. The molecule has 0 bridgehead atoms. The van der Waals surface area contributed by atoms with Crippen LogP contribution in [0.15, 0.2) is 11.2 Å². The first kappa shape index (κ1) is 14.8. The van der Waals surface area contributed by atoms with Crippen LogP contribution in [0.3, 0.4) is 0 Å². The van der Waals surface area contributed by atoms with Crippen LogP contribution in [-0.2, 0) is 17.2 Å². The molecule has 20 heavy (non-hydrogen) atoms. The molecule has 1 aliphatic rings. The SMILES string of the molecule is COCCN1C(N)=NCC1c1cn(C)nc1C(C)(C)C. The van der Waals surface area contributed by atoms with Crippen LogP contribution in [0.25, 0.3) is 0 Å². The molecule has 0 saturated heterocycles. The molecule has 1 aromatic rings. The Balaban J connectivity index is 2.31. The Kier molecular flexibility index (Phi) is 4.04. The van der Waals surface area contributed by atoms with Gasteiger partial charge in [-0.25, -0.2) is 0 Å². The molecule has 0 spiro atoms. The first-order valence-corrected chi connectivity index (χ1v) is 6.94. The zero-order valence-electron chi connectivity index (χ0n) is 13.1. The minimum absolute atomic E-state index is 0.000865. The number of hydrogen-bond donors (Lipinski definition) is 1. The summed E-state index contributed by atoms with van der Waals surface area (Å²) >= 11 is 0. The van der Waals surface area contributed by atoms with E-state index in [1.165, 1.54) is 5.56 Å². The largest absolute Gasteiger partial charge is 0.383 e. The van der Waals surface area contributed by atoms with Crippen molar-refractivity contribution in [1.82, 2.24) is 14.7 Å². The van der Waals surface area contributed by atoms with Crippen molar-refractivity contribution in [2.45, 2.75) is 32.2 Å². The van der Waals surface area contributed by atoms with E-state index in [0.29, 0.717) is 19.1 Å². The predicted molar refractivity (Wildman–Crippen MR) is 79.7 cm³/mol. The van der Waals surface area contributed by atoms with Crippen molar-refractivity contribution in [1.29, 1.82) is 0 Å². The van der Waals surface area contributed by atoms with Gasteiger partial charge in [0.1, 0.15) is 0 Å². The summed E-state index contributed by atoms with van der Waals surface area (Å²) in [6.45, 7) is 8.60. The van der Waals surface area contributed by atoms with Crippen molar-refractivity contribution in [2.24, 2.45) is 17.8 Å². The first-order chi connectivity index (χ1) is 9.34. The lowest BCUT2D eigenvalue weighted by atomic mass is 9.87. The van der Waals surface area contributed by atoms with Crippen LogP contribution in [0.4, 0.5) is 0 Å². The summed E-state index contributed by atoms with van der Waals surface area (Å²) in [7, 11) is 3.65. The van der Waals surface area contributed by atoms with E-state index in [1.807, 2.05) is 11.7 Å². The minimum atomic E-state index is 0.000865. The van der Waals surface area contributed by atoms with E-state index in [0.717, 1.165) is 12.2 Å². The maximum Gasteiger partial charge on any atom is 0.192 e. The molecule has 112 valence electrons. The molecule has 0 amide bonds. The van der Waals surface area contributed by atoms with Gasteiger partial charge in [-0.15, -0.1) is 0 Å². The maximum atomic E-state index is 6.01. The van der Waals surface area contributed by atoms with Gasteiger partial charge in [0.25, 0.3) is 0 Å². The van der Waals surface area contributed by atoms with Crippen LogP contribution < -0.4 is 5.73 Å². The van der Waals surface area contributed by atoms with Gasteiger partial charge in [0.15, 0.2) is 5.96 Å². The van der Waals surface area contributed by atoms with Crippen molar-refractivity contribution in [3.63, 3.8) is 0 Å². The number of guanidine groups is 1. The number of aryl methyl sites for hydroxylation is 1. The number of rotatable bonds is 4. The zero-order chi connectivity index (χ0) is 14.9. The fraction of sp³-hybridized carbons (Fsp3) is 0.714. The third-order valence-electron chi connectivity index (χ3n) is 3.56. The number of aromatic nitrogens is 2. The summed E-state index contributed by atoms with van der Waals surface area (Å²) in [4.78, 5) is 6.50. The molecule has 1 unspecified atom stereocenters. The molecule has 2 rings (SSSR count). The highest BCUT2D eigenvalue weighted by Crippen LogP contribution is 2.33. The molecule has 0 saturated carbocycles. The number of ether oxygens (including phenoxy) is 1. The Morgan fingerprint density at radius 1 is 1.45 bits per heavy atom. The smallest absolute Gasteiger partial charge is 0.192 e. The Morgan fingerprint density at radius 3 is 2.75 bits per heavy atom. The summed E-state index contributed by atoms with van der Waals surface area (Å²) < 4.78 is 7.04. The standard InChI is InChI=1S/C14H25N5O/c1-14(2,3)12-10(9-18(4)17-12)11-8-16-13(15)19(11)6-7-20-5/h9,11H,6-8H2,1-5H3,(H2,15,16). The number of aliphatic imine (C=N–C) groups is 1. The predicted octanol–water partition coefficient (Wildman–Crippen LogP) is 1.04. The normalized spacial score (nSPS) is 19.6. The average molecular weight is 279 g/mol. The van der Waals surface area contributed by atoms with Crippen molar-refractivity contribution < 1.29 is 4.74 Å². The highest BCUT2D eigenvalue weighted by Gasteiger charge is 2.33. The van der Waals surface area contributed by atoms with Crippen LogP contribution >= 0.6 is 0 Å². The van der Waals surface area contributed by atoms with Gasteiger partial charge in [-0.2, -0.15) is 5.10 Å². The van der Waals surface area contributed by atoms with Crippen molar-refractivity contribution >= 4 is 5.96 Å². The highest BCUT2D eigenvalue weighted by atomic mass is 16.5. The van der Waals surface area contributed by atoms with E-state index in [2.05, 4.69) is 42.0 Å². The molecular formula is C14H25N5O. The van der Waals surface area contributed by atoms with Gasteiger partial charge in [-0.05, 0) is 0 Å². The molecule has 0 aliphatic carbocycles. The van der Waals surface area contributed by atoms with Crippen molar-refractivity contribution in [3.8, 4) is 0 Å². The third kappa shape index (κ3) is 2.80. The third-order valence-corrected chi connectivity index (χ3v) is 3.56. The lowest BCUT2D eigenvalue weighted by Gasteiger charge is -2.28. The molecule has 0 fully saturated rings. The van der Waals surface area contributed by atoms with Crippen molar-refractivity contribution in [3.05, 3.63) is 17.5 Å². The second-order valence-electron chi connectivity index (χ2n) is 6.26. The molecule has 1 atom stereocenters. The Morgan fingerprint density at radius 2 is 2.15 bits per heavy atom. The van der Waals surface area contributed by atoms with E-state index in [4.69, 9.17) is 10.5 Å². The number of nitrogens with two attached hydrogens (primary N) is 1. The summed E-state index contributed by atoms with van der Waals surface area (Å²) in [5.41, 5.74) is 8.32. The fourth-order valence-corrected chi connectivity index (χ4v) is 2.59. The molecule has 0 aromatic carbocycles. The van der Waals surface area contributed by atoms with E-state index in [1.54, 1.807) is 7.11 Å². The van der Waals surface area contributed by atoms with Crippen molar-refractivity contribution in [2.75, 3.05) is 26.8 Å². The van der Waals surface area contributed by atoms with Gasteiger partial charge in [0.2, 0.25) is 0 Å². The Hall–Kier alpha value is -1.56. The Bertz CT molecular complexity index is 500. The van der Waals surface area contributed by atoms with Gasteiger partial charge in [-0.1, -0.05) is 20.8 Å². The number of nitrogens with zero attached hydrogens (tertiary/aromatic N) is 4. The van der Waals surface area contributed by atoms with E-state index < -0.39 is 0 Å². The van der Waals surface area contributed by atoms with Gasteiger partial charge in [0.05, 0.1) is 24.9 Å². The molecule has 6 nitrogen and oxygen atoms in total. The topological polar surface area (TPSA) is 68.7 Å². The van der Waals surface area contributed by atoms with Crippen LogP contribution in [0.5, 0.6) is 0 Å². The number of methoxy groups -OCH3 is 1. The second-order valence-corrected chi connectivity index (χ2v) is 6.26. The summed E-state index contributed by atoms with van der Waals surface area (Å²) in [5.74, 6) is 0.593. The van der Waals surface area contributed by atoms with Crippen LogP contribution in [0, 0.1) is 0 Å². The van der Waals surface area contributed by atoms with Gasteiger partial charge < -0.3 is 15.4 Å². The van der Waals surface area contributed by atoms with E-state index in [9.17, 15) is 0 Å². The first-order valence-electron chi connectivity index (χ1n) is 6.94. The quantitative estimate of drug-likeness (QED) is 0.894. The summed E-state index contributed by atoms with van der Waals surface area (Å²) in [5, 5.41) is 4.63.